The van der Waals surface area contributed by atoms with Gasteiger partial charge in [0.2, 0.25) is 12.7 Å². The number of fused-ring (bicyclic) bond motifs is 2. The van der Waals surface area contributed by atoms with Crippen LogP contribution in [0.2, 0.25) is 0 Å². The summed E-state index contributed by atoms with van der Waals surface area (Å²) in [5.74, 6) is 0.450. The number of nitrogens with one attached hydrogen (secondary N) is 1. The molecule has 0 aromatic heterocycles. The number of amides is 2. The van der Waals surface area contributed by atoms with Gasteiger partial charge in [-0.2, -0.15) is 0 Å². The van der Waals surface area contributed by atoms with Crippen LogP contribution in [-0.2, 0) is 9.59 Å². The number of benzene rings is 2. The topological polar surface area (TPSA) is 94.2 Å². The van der Waals surface area contributed by atoms with Crippen molar-refractivity contribution in [3.05, 3.63) is 42.0 Å². The summed E-state index contributed by atoms with van der Waals surface area (Å²) >= 11 is 0. The van der Waals surface area contributed by atoms with E-state index in [1.807, 2.05) is 0 Å². The number of carbonyl (C=O) groups excluding carboxylic acids is 3. The molecule has 0 saturated carbocycles. The molecule has 2 aliphatic rings. The van der Waals surface area contributed by atoms with E-state index < -0.39 is 12.0 Å². The molecule has 144 valence electrons. The number of hydrogen-bond donors (Lipinski definition) is 1. The fraction of sp³-hybridized carbons (Fsp3) is 0.250. The second-order valence-electron chi connectivity index (χ2n) is 6.51. The molecule has 1 unspecified atom stereocenters. The van der Waals surface area contributed by atoms with Crippen LogP contribution in [0.5, 0.6) is 17.2 Å². The molecule has 2 heterocycles. The Labute approximate surface area is 161 Å². The lowest BCUT2D eigenvalue weighted by Crippen LogP contribution is -2.47. The quantitative estimate of drug-likeness (QED) is 0.816. The van der Waals surface area contributed by atoms with Gasteiger partial charge in [0.15, 0.2) is 23.4 Å². The Bertz CT molecular complexity index is 987. The zero-order valence-corrected chi connectivity index (χ0v) is 15.4. The van der Waals surface area contributed by atoms with Crippen molar-refractivity contribution in [1.29, 1.82) is 0 Å². The fourth-order valence-corrected chi connectivity index (χ4v) is 3.19. The molecule has 8 heteroatoms. The molecule has 2 aromatic rings. The highest BCUT2D eigenvalue weighted by atomic mass is 16.7. The van der Waals surface area contributed by atoms with E-state index in [0.29, 0.717) is 34.2 Å². The van der Waals surface area contributed by atoms with E-state index in [1.165, 1.54) is 17.9 Å². The van der Waals surface area contributed by atoms with E-state index in [4.69, 9.17) is 14.2 Å². The van der Waals surface area contributed by atoms with Crippen LogP contribution in [0.15, 0.2) is 36.4 Å². The smallest absolute Gasteiger partial charge is 0.268 e. The van der Waals surface area contributed by atoms with Gasteiger partial charge in [0.1, 0.15) is 12.3 Å². The zero-order chi connectivity index (χ0) is 19.8. The second-order valence-corrected chi connectivity index (χ2v) is 6.51. The lowest BCUT2D eigenvalue weighted by atomic mass is 10.1. The number of nitrogens with zero attached hydrogens (tertiary/aromatic N) is 1. The molecule has 2 aromatic carbocycles. The van der Waals surface area contributed by atoms with Gasteiger partial charge < -0.3 is 19.5 Å². The summed E-state index contributed by atoms with van der Waals surface area (Å²) in [4.78, 5) is 38.6. The van der Waals surface area contributed by atoms with E-state index in [2.05, 4.69) is 5.32 Å². The van der Waals surface area contributed by atoms with Gasteiger partial charge in [-0.1, -0.05) is 12.1 Å². The summed E-state index contributed by atoms with van der Waals surface area (Å²) < 4.78 is 16.2. The number of ether oxygens (including phenoxy) is 3. The van der Waals surface area contributed by atoms with Crippen LogP contribution in [0.4, 0.5) is 11.4 Å². The van der Waals surface area contributed by atoms with Crippen molar-refractivity contribution >= 4 is 29.0 Å². The lowest BCUT2D eigenvalue weighted by Gasteiger charge is -2.32. The van der Waals surface area contributed by atoms with Gasteiger partial charge in [0.05, 0.1) is 11.4 Å². The SMILES string of the molecule is CC(=O)c1cc2c(cc1NC(=O)CN1C(=O)C(C)Oc3ccccc31)OCO2. The van der Waals surface area contributed by atoms with Gasteiger partial charge in [-0.15, -0.1) is 0 Å². The van der Waals surface area contributed by atoms with E-state index in [-0.39, 0.29) is 25.0 Å². The van der Waals surface area contributed by atoms with Crippen LogP contribution in [-0.4, -0.2) is 37.0 Å². The van der Waals surface area contributed by atoms with Crippen LogP contribution in [0, 0.1) is 0 Å². The van der Waals surface area contributed by atoms with Crippen molar-refractivity contribution in [2.75, 3.05) is 23.6 Å². The summed E-state index contributed by atoms with van der Waals surface area (Å²) in [7, 11) is 0. The monoisotopic (exact) mass is 382 g/mol. The summed E-state index contributed by atoms with van der Waals surface area (Å²) in [6, 6.07) is 10.1. The Morgan fingerprint density at radius 2 is 1.86 bits per heavy atom. The standard InChI is InChI=1S/C20H18N2O6/c1-11(23)13-7-17-18(27-10-26-17)8-14(13)21-19(24)9-22-15-5-3-4-6-16(15)28-12(2)20(22)25/h3-8,12H,9-10H2,1-2H3,(H,21,24). The average Bonchev–Trinajstić information content (AvgIpc) is 3.12. The Balaban J connectivity index is 1.59. The van der Waals surface area contributed by atoms with Crippen molar-refractivity contribution in [3.8, 4) is 17.2 Å². The van der Waals surface area contributed by atoms with Gasteiger partial charge in [0.25, 0.3) is 5.91 Å². The predicted molar refractivity (Wildman–Crippen MR) is 100 cm³/mol. The first-order valence-electron chi connectivity index (χ1n) is 8.75. The number of carbonyl (C=O) groups is 3. The molecule has 4 rings (SSSR count). The van der Waals surface area contributed by atoms with Gasteiger partial charge >= 0.3 is 0 Å². The van der Waals surface area contributed by atoms with Crippen LogP contribution in [0.3, 0.4) is 0 Å². The number of para-hydroxylation sites is 2. The number of anilines is 2. The molecular weight excluding hydrogens is 364 g/mol. The van der Waals surface area contributed by atoms with Gasteiger partial charge in [-0.25, -0.2) is 0 Å². The molecule has 8 nitrogen and oxygen atoms in total. The van der Waals surface area contributed by atoms with E-state index in [9.17, 15) is 14.4 Å². The molecule has 0 aliphatic carbocycles. The predicted octanol–water partition coefficient (Wildman–Crippen LogP) is 2.37. The highest BCUT2D eigenvalue weighted by Crippen LogP contribution is 2.37. The van der Waals surface area contributed by atoms with Gasteiger partial charge in [0, 0.05) is 11.6 Å². The van der Waals surface area contributed by atoms with Crippen molar-refractivity contribution in [1.82, 2.24) is 0 Å². The number of hydrogen-bond acceptors (Lipinski definition) is 6. The molecule has 1 atom stereocenters. The number of ketones is 1. The van der Waals surface area contributed by atoms with Crippen molar-refractivity contribution < 1.29 is 28.6 Å². The summed E-state index contributed by atoms with van der Waals surface area (Å²) in [6.45, 7) is 2.88. The van der Waals surface area contributed by atoms with E-state index in [1.54, 1.807) is 37.3 Å². The molecule has 0 saturated heterocycles. The Morgan fingerprint density at radius 1 is 1.14 bits per heavy atom. The van der Waals surface area contributed by atoms with Gasteiger partial charge in [-0.05, 0) is 32.0 Å². The molecule has 0 radical (unpaired) electrons. The summed E-state index contributed by atoms with van der Waals surface area (Å²) in [6.07, 6.45) is -0.693. The van der Waals surface area contributed by atoms with Crippen LogP contribution in [0.25, 0.3) is 0 Å². The maximum atomic E-state index is 12.7. The summed E-state index contributed by atoms with van der Waals surface area (Å²) in [5.41, 5.74) is 1.14. The molecule has 2 aliphatic heterocycles. The maximum absolute atomic E-state index is 12.7. The molecule has 0 fully saturated rings. The van der Waals surface area contributed by atoms with Crippen LogP contribution < -0.4 is 24.4 Å². The third-order valence-corrected chi connectivity index (χ3v) is 4.54. The molecule has 0 spiro atoms. The first-order valence-corrected chi connectivity index (χ1v) is 8.75. The normalized spacial score (nSPS) is 17.0. The second kappa shape index (κ2) is 6.88. The zero-order valence-electron chi connectivity index (χ0n) is 15.4. The van der Waals surface area contributed by atoms with Crippen molar-refractivity contribution in [2.24, 2.45) is 0 Å². The third kappa shape index (κ3) is 3.13. The molecule has 0 bridgehead atoms. The van der Waals surface area contributed by atoms with E-state index in [0.717, 1.165) is 0 Å². The fourth-order valence-electron chi connectivity index (χ4n) is 3.19. The molecular formula is C20H18N2O6. The molecule has 28 heavy (non-hydrogen) atoms. The molecule has 2 amide bonds. The first-order chi connectivity index (χ1) is 13.4. The minimum absolute atomic E-state index is 0.0566. The van der Waals surface area contributed by atoms with Crippen molar-refractivity contribution in [3.63, 3.8) is 0 Å². The average molecular weight is 382 g/mol. The van der Waals surface area contributed by atoms with Gasteiger partial charge in [-0.3, -0.25) is 19.3 Å². The molecule has 1 N–H and O–H groups in total. The number of Topliss-reactive ketones (excluding diaryl/α,β-unsaturated/α-hetero) is 1. The van der Waals surface area contributed by atoms with E-state index >= 15 is 0 Å². The summed E-state index contributed by atoms with van der Waals surface area (Å²) in [5, 5.41) is 2.71. The lowest BCUT2D eigenvalue weighted by molar-refractivity contribution is -0.127. The Morgan fingerprint density at radius 3 is 2.61 bits per heavy atom. The Hall–Kier alpha value is -3.55. The highest BCUT2D eigenvalue weighted by molar-refractivity contribution is 6.09. The minimum Gasteiger partial charge on any atom is -0.479 e. The van der Waals surface area contributed by atoms with Crippen LogP contribution >= 0.6 is 0 Å². The largest absolute Gasteiger partial charge is 0.479 e. The van der Waals surface area contributed by atoms with Crippen molar-refractivity contribution in [2.45, 2.75) is 20.0 Å². The maximum Gasteiger partial charge on any atom is 0.268 e. The highest BCUT2D eigenvalue weighted by Gasteiger charge is 2.32. The van der Waals surface area contributed by atoms with Crippen LogP contribution in [0.1, 0.15) is 24.2 Å². The number of rotatable bonds is 4. The Kier molecular flexibility index (Phi) is 4.38. The third-order valence-electron chi connectivity index (χ3n) is 4.54. The first kappa shape index (κ1) is 17.8. The minimum atomic E-state index is -0.693.